The van der Waals surface area contributed by atoms with Gasteiger partial charge in [0.05, 0.1) is 19.0 Å². The van der Waals surface area contributed by atoms with Crippen LogP contribution in [-0.4, -0.2) is 23.0 Å². The van der Waals surface area contributed by atoms with Crippen LogP contribution >= 0.6 is 11.3 Å². The third-order valence-electron chi connectivity index (χ3n) is 2.00. The molecule has 0 saturated heterocycles. The van der Waals surface area contributed by atoms with E-state index in [-0.39, 0.29) is 5.97 Å². The fraction of sp³-hybridized carbons (Fsp3) is 0.182. The Bertz CT molecular complexity index is 522. The Morgan fingerprint density at radius 1 is 1.44 bits per heavy atom. The SMILES string of the molecule is COC(=O)c1cnc(-c2cccc(C)n2)s1. The van der Waals surface area contributed by atoms with E-state index in [1.807, 2.05) is 25.1 Å². The van der Waals surface area contributed by atoms with Crippen molar-refractivity contribution in [3.63, 3.8) is 0 Å². The first-order valence-corrected chi connectivity index (χ1v) is 5.50. The van der Waals surface area contributed by atoms with Crippen molar-refractivity contribution < 1.29 is 9.53 Å². The molecular formula is C11H10N2O2S. The molecule has 0 saturated carbocycles. The number of nitrogens with zero attached hydrogens (tertiary/aromatic N) is 2. The van der Waals surface area contributed by atoms with E-state index >= 15 is 0 Å². The largest absolute Gasteiger partial charge is 0.465 e. The van der Waals surface area contributed by atoms with Gasteiger partial charge in [-0.2, -0.15) is 0 Å². The maximum Gasteiger partial charge on any atom is 0.349 e. The van der Waals surface area contributed by atoms with E-state index in [1.54, 1.807) is 0 Å². The van der Waals surface area contributed by atoms with Gasteiger partial charge in [-0.3, -0.25) is 4.98 Å². The Hall–Kier alpha value is -1.75. The molecule has 0 aliphatic rings. The van der Waals surface area contributed by atoms with Crippen LogP contribution in [0.2, 0.25) is 0 Å². The number of hydrogen-bond acceptors (Lipinski definition) is 5. The molecule has 2 aromatic heterocycles. The Morgan fingerprint density at radius 2 is 2.25 bits per heavy atom. The van der Waals surface area contributed by atoms with Crippen molar-refractivity contribution in [1.82, 2.24) is 9.97 Å². The second-order valence-corrected chi connectivity index (χ2v) is 4.22. The number of ether oxygens (including phenoxy) is 1. The fourth-order valence-corrected chi connectivity index (χ4v) is 2.05. The number of aromatic nitrogens is 2. The van der Waals surface area contributed by atoms with Gasteiger partial charge in [-0.05, 0) is 19.1 Å². The molecular weight excluding hydrogens is 224 g/mol. The molecule has 0 fully saturated rings. The van der Waals surface area contributed by atoms with Gasteiger partial charge < -0.3 is 4.74 Å². The Balaban J connectivity index is 2.35. The lowest BCUT2D eigenvalue weighted by atomic mass is 10.3. The number of hydrogen-bond donors (Lipinski definition) is 0. The Labute approximate surface area is 96.9 Å². The number of aryl methyl sites for hydroxylation is 1. The van der Waals surface area contributed by atoms with Gasteiger partial charge in [0.2, 0.25) is 0 Å². The normalized spacial score (nSPS) is 10.1. The molecule has 0 bridgehead atoms. The summed E-state index contributed by atoms with van der Waals surface area (Å²) in [6.07, 6.45) is 1.51. The summed E-state index contributed by atoms with van der Waals surface area (Å²) >= 11 is 1.28. The highest BCUT2D eigenvalue weighted by atomic mass is 32.1. The highest BCUT2D eigenvalue weighted by molar-refractivity contribution is 7.16. The summed E-state index contributed by atoms with van der Waals surface area (Å²) in [5.41, 5.74) is 1.70. The summed E-state index contributed by atoms with van der Waals surface area (Å²) in [5.74, 6) is -0.364. The molecule has 2 rings (SSSR count). The minimum atomic E-state index is -0.364. The van der Waals surface area contributed by atoms with E-state index < -0.39 is 0 Å². The average molecular weight is 234 g/mol. The van der Waals surface area contributed by atoms with Gasteiger partial charge in [-0.25, -0.2) is 9.78 Å². The first-order chi connectivity index (χ1) is 7.70. The van der Waals surface area contributed by atoms with E-state index in [4.69, 9.17) is 0 Å². The number of pyridine rings is 1. The third kappa shape index (κ3) is 2.09. The molecule has 0 aliphatic heterocycles. The van der Waals surface area contributed by atoms with Crippen LogP contribution in [0.15, 0.2) is 24.4 Å². The van der Waals surface area contributed by atoms with Gasteiger partial charge in [0, 0.05) is 5.69 Å². The van der Waals surface area contributed by atoms with E-state index in [9.17, 15) is 4.79 Å². The minimum Gasteiger partial charge on any atom is -0.465 e. The zero-order valence-electron chi connectivity index (χ0n) is 8.93. The molecule has 82 valence electrons. The van der Waals surface area contributed by atoms with Gasteiger partial charge in [0.1, 0.15) is 9.88 Å². The molecule has 0 radical (unpaired) electrons. The van der Waals surface area contributed by atoms with Crippen molar-refractivity contribution >= 4 is 17.3 Å². The molecule has 0 unspecified atom stereocenters. The summed E-state index contributed by atoms with van der Waals surface area (Å²) in [5, 5.41) is 0.726. The van der Waals surface area contributed by atoms with Crippen molar-refractivity contribution in [2.45, 2.75) is 6.92 Å². The zero-order chi connectivity index (χ0) is 11.5. The van der Waals surface area contributed by atoms with Crippen molar-refractivity contribution in [3.8, 4) is 10.7 Å². The van der Waals surface area contributed by atoms with Gasteiger partial charge in [-0.15, -0.1) is 11.3 Å². The Kier molecular flexibility index (Phi) is 2.96. The van der Waals surface area contributed by atoms with E-state index in [1.165, 1.54) is 24.6 Å². The van der Waals surface area contributed by atoms with Crippen LogP contribution in [-0.2, 0) is 4.74 Å². The first-order valence-electron chi connectivity index (χ1n) is 4.69. The smallest absolute Gasteiger partial charge is 0.349 e. The summed E-state index contributed by atoms with van der Waals surface area (Å²) in [7, 11) is 1.35. The average Bonchev–Trinajstić information content (AvgIpc) is 2.77. The number of thiazole rings is 1. The third-order valence-corrected chi connectivity index (χ3v) is 3.00. The maximum atomic E-state index is 11.3. The van der Waals surface area contributed by atoms with Crippen LogP contribution in [0.25, 0.3) is 10.7 Å². The van der Waals surface area contributed by atoms with Gasteiger partial charge in [0.25, 0.3) is 0 Å². The number of rotatable bonds is 2. The van der Waals surface area contributed by atoms with Crippen LogP contribution in [0.3, 0.4) is 0 Å². The van der Waals surface area contributed by atoms with Crippen LogP contribution < -0.4 is 0 Å². The molecule has 0 N–H and O–H groups in total. The summed E-state index contributed by atoms with van der Waals surface area (Å²) < 4.78 is 4.62. The highest BCUT2D eigenvalue weighted by Gasteiger charge is 2.12. The van der Waals surface area contributed by atoms with Crippen LogP contribution in [0.5, 0.6) is 0 Å². The van der Waals surface area contributed by atoms with Crippen LogP contribution in [0, 0.1) is 6.92 Å². The van der Waals surface area contributed by atoms with Crippen molar-refractivity contribution in [2.24, 2.45) is 0 Å². The number of carbonyl (C=O) groups is 1. The van der Waals surface area contributed by atoms with Crippen LogP contribution in [0.4, 0.5) is 0 Å². The lowest BCUT2D eigenvalue weighted by Gasteiger charge is -1.96. The van der Waals surface area contributed by atoms with Gasteiger partial charge in [0.15, 0.2) is 0 Å². The number of methoxy groups -OCH3 is 1. The quantitative estimate of drug-likeness (QED) is 0.748. The van der Waals surface area contributed by atoms with Crippen molar-refractivity contribution in [1.29, 1.82) is 0 Å². The zero-order valence-corrected chi connectivity index (χ0v) is 9.75. The Morgan fingerprint density at radius 3 is 2.94 bits per heavy atom. The van der Waals surface area contributed by atoms with Crippen molar-refractivity contribution in [3.05, 3.63) is 35.0 Å². The number of carbonyl (C=O) groups excluding carboxylic acids is 1. The van der Waals surface area contributed by atoms with E-state index in [0.717, 1.165) is 16.4 Å². The molecule has 0 amide bonds. The lowest BCUT2D eigenvalue weighted by molar-refractivity contribution is 0.0606. The second kappa shape index (κ2) is 4.40. The summed E-state index contributed by atoms with van der Waals surface area (Å²) in [4.78, 5) is 20.2. The summed E-state index contributed by atoms with van der Waals surface area (Å²) in [6, 6.07) is 5.70. The summed E-state index contributed by atoms with van der Waals surface area (Å²) in [6.45, 7) is 1.92. The standard InChI is InChI=1S/C11H10N2O2S/c1-7-4-3-5-8(13-7)10-12-6-9(16-10)11(14)15-2/h3-6H,1-2H3. The molecule has 16 heavy (non-hydrogen) atoms. The van der Waals surface area contributed by atoms with Gasteiger partial charge in [-0.1, -0.05) is 6.07 Å². The molecule has 2 aromatic rings. The fourth-order valence-electron chi connectivity index (χ4n) is 1.25. The lowest BCUT2D eigenvalue weighted by Crippen LogP contribution is -1.96. The highest BCUT2D eigenvalue weighted by Crippen LogP contribution is 2.23. The van der Waals surface area contributed by atoms with E-state index in [2.05, 4.69) is 14.7 Å². The monoisotopic (exact) mass is 234 g/mol. The van der Waals surface area contributed by atoms with Gasteiger partial charge >= 0.3 is 5.97 Å². The van der Waals surface area contributed by atoms with Crippen LogP contribution in [0.1, 0.15) is 15.4 Å². The maximum absolute atomic E-state index is 11.3. The molecule has 0 aliphatic carbocycles. The molecule has 5 heteroatoms. The minimum absolute atomic E-state index is 0.364. The molecule has 2 heterocycles. The molecule has 0 aromatic carbocycles. The van der Waals surface area contributed by atoms with E-state index in [0.29, 0.717) is 4.88 Å². The topological polar surface area (TPSA) is 52.1 Å². The molecule has 4 nitrogen and oxygen atoms in total. The molecule has 0 atom stereocenters. The van der Waals surface area contributed by atoms with Crippen molar-refractivity contribution in [2.75, 3.05) is 7.11 Å². The molecule has 0 spiro atoms. The first kappa shape index (κ1) is 10.8. The predicted molar refractivity (Wildman–Crippen MR) is 61.4 cm³/mol. The second-order valence-electron chi connectivity index (χ2n) is 3.19. The predicted octanol–water partition coefficient (Wildman–Crippen LogP) is 2.30. The number of esters is 1.